The number of nitriles is 1. The monoisotopic (exact) mass is 263 g/mol. The van der Waals surface area contributed by atoms with Crippen molar-refractivity contribution >= 4 is 11.8 Å². The van der Waals surface area contributed by atoms with Crippen molar-refractivity contribution in [3.8, 4) is 6.07 Å². The molecule has 6 heteroatoms. The molecule has 2 N–H and O–H groups in total. The predicted molar refractivity (Wildman–Crippen MR) is 64.0 cm³/mol. The first-order valence-corrected chi connectivity index (χ1v) is 5.45. The van der Waals surface area contributed by atoms with Crippen LogP contribution in [0.4, 0.5) is 0 Å². The van der Waals surface area contributed by atoms with Crippen LogP contribution in [0.25, 0.3) is 0 Å². The molecule has 0 aliphatic rings. The summed E-state index contributed by atoms with van der Waals surface area (Å²) in [4.78, 5) is 22.6. The van der Waals surface area contributed by atoms with Crippen molar-refractivity contribution in [2.75, 3.05) is 7.11 Å². The van der Waals surface area contributed by atoms with Crippen LogP contribution in [0.2, 0.25) is 0 Å². The maximum Gasteiger partial charge on any atom is 0.337 e. The molecular weight excluding hydrogens is 250 g/mol. The fraction of sp³-hybridized carbons (Fsp3) is 0.308. The van der Waals surface area contributed by atoms with Gasteiger partial charge < -0.3 is 14.9 Å². The molecule has 1 aromatic carbocycles. The molecule has 0 aliphatic carbocycles. The molecule has 100 valence electrons. The first-order chi connectivity index (χ1) is 9.01. The maximum atomic E-state index is 11.5. The van der Waals surface area contributed by atoms with Gasteiger partial charge in [-0.2, -0.15) is 5.26 Å². The normalized spacial score (nSPS) is 13.2. The van der Waals surface area contributed by atoms with Gasteiger partial charge in [-0.15, -0.1) is 0 Å². The molecule has 0 saturated heterocycles. The minimum absolute atomic E-state index is 0.196. The van der Waals surface area contributed by atoms with Crippen LogP contribution in [0.1, 0.15) is 28.4 Å². The Balaban J connectivity index is 2.96. The molecular formula is C13H13NO5. The van der Waals surface area contributed by atoms with Gasteiger partial charge >= 0.3 is 5.97 Å². The Morgan fingerprint density at radius 2 is 2.11 bits per heavy atom. The topological polar surface area (TPSA) is 108 Å². The van der Waals surface area contributed by atoms with Gasteiger partial charge in [-0.3, -0.25) is 4.79 Å². The highest BCUT2D eigenvalue weighted by molar-refractivity contribution is 5.97. The molecule has 2 unspecified atom stereocenters. The Kier molecular flexibility index (Phi) is 5.18. The van der Waals surface area contributed by atoms with Crippen LogP contribution in [0, 0.1) is 11.3 Å². The first kappa shape index (κ1) is 14.8. The largest absolute Gasteiger partial charge is 0.467 e. The second kappa shape index (κ2) is 6.64. The number of carbonyl (C=O) groups is 2. The highest BCUT2D eigenvalue weighted by Gasteiger charge is 2.26. The summed E-state index contributed by atoms with van der Waals surface area (Å²) in [6, 6.07) is 7.50. The summed E-state index contributed by atoms with van der Waals surface area (Å²) in [5, 5.41) is 27.8. The number of hydrogen-bond donors (Lipinski definition) is 2. The zero-order chi connectivity index (χ0) is 14.4. The molecule has 0 fully saturated rings. The molecule has 0 bridgehead atoms. The number of rotatable bonds is 5. The van der Waals surface area contributed by atoms with Crippen molar-refractivity contribution in [2.45, 2.75) is 18.6 Å². The van der Waals surface area contributed by atoms with Crippen LogP contribution >= 0.6 is 0 Å². The van der Waals surface area contributed by atoms with E-state index < -0.39 is 24.0 Å². The van der Waals surface area contributed by atoms with Crippen LogP contribution in [-0.4, -0.2) is 35.2 Å². The number of methoxy groups -OCH3 is 1. The zero-order valence-electron chi connectivity index (χ0n) is 10.2. The van der Waals surface area contributed by atoms with Crippen LogP contribution in [0.5, 0.6) is 0 Å². The van der Waals surface area contributed by atoms with Crippen molar-refractivity contribution in [2.24, 2.45) is 0 Å². The standard InChI is InChI=1S/C13H13NO5/c1-19-13(18)12(17)11(16)9-4-2-3-8(7-9)10(15)5-6-14/h2-4,7,11-12,16-17H,5H2,1H3. The molecule has 0 spiro atoms. The number of aliphatic hydroxyl groups is 2. The Hall–Kier alpha value is -2.23. The van der Waals surface area contributed by atoms with E-state index in [1.165, 1.54) is 24.3 Å². The number of carbonyl (C=O) groups excluding carboxylic acids is 2. The average molecular weight is 263 g/mol. The fourth-order valence-electron chi connectivity index (χ4n) is 1.50. The zero-order valence-corrected chi connectivity index (χ0v) is 10.2. The van der Waals surface area contributed by atoms with Gasteiger partial charge in [-0.25, -0.2) is 4.79 Å². The fourth-order valence-corrected chi connectivity index (χ4v) is 1.50. The van der Waals surface area contributed by atoms with E-state index in [2.05, 4.69) is 4.74 Å². The van der Waals surface area contributed by atoms with Crippen LogP contribution < -0.4 is 0 Å². The van der Waals surface area contributed by atoms with Crippen molar-refractivity contribution in [3.63, 3.8) is 0 Å². The highest BCUT2D eigenvalue weighted by atomic mass is 16.5. The third-order valence-corrected chi connectivity index (χ3v) is 2.53. The van der Waals surface area contributed by atoms with E-state index in [1.807, 2.05) is 0 Å². The Morgan fingerprint density at radius 1 is 1.42 bits per heavy atom. The predicted octanol–water partition coefficient (Wildman–Crippen LogP) is 0.350. The third kappa shape index (κ3) is 3.61. The SMILES string of the molecule is COC(=O)C(O)C(O)c1cccc(C(=O)CC#N)c1. The molecule has 0 aromatic heterocycles. The number of hydrogen-bond acceptors (Lipinski definition) is 6. The van der Waals surface area contributed by atoms with E-state index in [0.29, 0.717) is 0 Å². The van der Waals surface area contributed by atoms with E-state index in [4.69, 9.17) is 5.26 Å². The van der Waals surface area contributed by atoms with Crippen LogP contribution in [0.3, 0.4) is 0 Å². The summed E-state index contributed by atoms with van der Waals surface area (Å²) >= 11 is 0. The quantitative estimate of drug-likeness (QED) is 0.586. The van der Waals surface area contributed by atoms with Gasteiger partial charge in [0.05, 0.1) is 19.6 Å². The Labute approximate surface area is 109 Å². The van der Waals surface area contributed by atoms with Crippen molar-refractivity contribution in [3.05, 3.63) is 35.4 Å². The van der Waals surface area contributed by atoms with Gasteiger partial charge in [-0.1, -0.05) is 18.2 Å². The Morgan fingerprint density at radius 3 is 2.68 bits per heavy atom. The lowest BCUT2D eigenvalue weighted by atomic mass is 9.99. The number of nitrogens with zero attached hydrogens (tertiary/aromatic N) is 1. The lowest BCUT2D eigenvalue weighted by molar-refractivity contribution is -0.156. The number of esters is 1. The highest BCUT2D eigenvalue weighted by Crippen LogP contribution is 2.19. The van der Waals surface area contributed by atoms with Gasteiger partial charge in [-0.05, 0) is 11.6 Å². The smallest absolute Gasteiger partial charge is 0.337 e. The lowest BCUT2D eigenvalue weighted by Gasteiger charge is -2.16. The summed E-state index contributed by atoms with van der Waals surface area (Å²) in [6.45, 7) is 0. The van der Waals surface area contributed by atoms with Crippen molar-refractivity contribution < 1.29 is 24.5 Å². The molecule has 0 saturated carbocycles. The molecule has 0 aliphatic heterocycles. The molecule has 0 radical (unpaired) electrons. The second-order valence-corrected chi connectivity index (χ2v) is 3.80. The number of ketones is 1. The molecule has 1 aromatic rings. The summed E-state index contributed by atoms with van der Waals surface area (Å²) in [5.41, 5.74) is 0.428. The van der Waals surface area contributed by atoms with Gasteiger partial charge in [0.1, 0.15) is 6.10 Å². The first-order valence-electron chi connectivity index (χ1n) is 5.45. The van der Waals surface area contributed by atoms with Gasteiger partial charge in [0, 0.05) is 5.56 Å². The average Bonchev–Trinajstić information content (AvgIpc) is 2.45. The molecule has 2 atom stereocenters. The molecule has 6 nitrogen and oxygen atoms in total. The van der Waals surface area contributed by atoms with Crippen molar-refractivity contribution in [1.29, 1.82) is 5.26 Å². The molecule has 0 amide bonds. The van der Waals surface area contributed by atoms with E-state index in [0.717, 1.165) is 7.11 Å². The third-order valence-electron chi connectivity index (χ3n) is 2.53. The van der Waals surface area contributed by atoms with E-state index in [9.17, 15) is 19.8 Å². The summed E-state index contributed by atoms with van der Waals surface area (Å²) in [5.74, 6) is -1.37. The molecule has 19 heavy (non-hydrogen) atoms. The number of aliphatic hydroxyl groups excluding tert-OH is 2. The summed E-state index contributed by atoms with van der Waals surface area (Å²) in [6.07, 6.45) is -3.51. The number of ether oxygens (including phenoxy) is 1. The minimum atomic E-state index is -1.73. The maximum absolute atomic E-state index is 11.5. The van der Waals surface area contributed by atoms with Crippen molar-refractivity contribution in [1.82, 2.24) is 0 Å². The molecule has 0 heterocycles. The second-order valence-electron chi connectivity index (χ2n) is 3.80. The van der Waals surface area contributed by atoms with Gasteiger partial charge in [0.15, 0.2) is 11.9 Å². The van der Waals surface area contributed by atoms with E-state index >= 15 is 0 Å². The minimum Gasteiger partial charge on any atom is -0.467 e. The van der Waals surface area contributed by atoms with Gasteiger partial charge in [0.25, 0.3) is 0 Å². The van der Waals surface area contributed by atoms with Crippen LogP contribution in [-0.2, 0) is 9.53 Å². The summed E-state index contributed by atoms with van der Waals surface area (Å²) in [7, 11) is 1.09. The van der Waals surface area contributed by atoms with E-state index in [1.54, 1.807) is 6.07 Å². The van der Waals surface area contributed by atoms with Gasteiger partial charge in [0.2, 0.25) is 0 Å². The summed E-state index contributed by atoms with van der Waals surface area (Å²) < 4.78 is 4.31. The van der Waals surface area contributed by atoms with Crippen LogP contribution in [0.15, 0.2) is 24.3 Å². The number of benzene rings is 1. The number of Topliss-reactive ketones (excluding diaryl/α,β-unsaturated/α-hetero) is 1. The Bertz CT molecular complexity index is 520. The molecule has 1 rings (SSSR count). The van der Waals surface area contributed by atoms with E-state index in [-0.39, 0.29) is 17.5 Å². The lowest BCUT2D eigenvalue weighted by Crippen LogP contribution is -2.29.